The average Bonchev–Trinajstić information content (AvgIpc) is 2.57. The summed E-state index contributed by atoms with van der Waals surface area (Å²) in [6, 6.07) is 0. The number of H-pyrrole nitrogens is 1. The van der Waals surface area contributed by atoms with Crippen molar-refractivity contribution in [2.75, 3.05) is 17.2 Å². The van der Waals surface area contributed by atoms with Gasteiger partial charge < -0.3 is 10.6 Å². The Hall–Kier alpha value is -2.57. The number of amides is 1. The van der Waals surface area contributed by atoms with E-state index in [0.29, 0.717) is 13.1 Å². The monoisotopic (exact) mass is 348 g/mol. The quantitative estimate of drug-likeness (QED) is 0.527. The molecule has 138 valence electrons. The summed E-state index contributed by atoms with van der Waals surface area (Å²) < 4.78 is 1.32. The Balaban J connectivity index is 3.39. The molecule has 0 radical (unpaired) electrons. The topological polar surface area (TPSA) is 101 Å². The highest BCUT2D eigenvalue weighted by Crippen LogP contribution is 2.18. The highest BCUT2D eigenvalue weighted by Gasteiger charge is 2.22. The Morgan fingerprint density at radius 2 is 1.88 bits per heavy atom. The second kappa shape index (κ2) is 10.3. The van der Waals surface area contributed by atoms with Crippen LogP contribution in [0.2, 0.25) is 0 Å². The minimum absolute atomic E-state index is 0.0334. The van der Waals surface area contributed by atoms with Gasteiger partial charge in [0.1, 0.15) is 5.82 Å². The predicted molar refractivity (Wildman–Crippen MR) is 102 cm³/mol. The van der Waals surface area contributed by atoms with Gasteiger partial charge in [-0.3, -0.25) is 19.1 Å². The molecule has 0 aliphatic rings. The van der Waals surface area contributed by atoms with E-state index in [1.165, 1.54) is 15.5 Å². The molecule has 0 fully saturated rings. The van der Waals surface area contributed by atoms with E-state index < -0.39 is 11.2 Å². The first-order chi connectivity index (χ1) is 12.0. The molecule has 1 heterocycles. The maximum Gasteiger partial charge on any atom is 0.330 e. The van der Waals surface area contributed by atoms with Gasteiger partial charge in [-0.15, -0.1) is 0 Å². The first-order valence-corrected chi connectivity index (χ1v) is 8.71. The minimum atomic E-state index is -0.640. The van der Waals surface area contributed by atoms with Gasteiger partial charge >= 0.3 is 5.69 Å². The number of rotatable bonds is 9. The van der Waals surface area contributed by atoms with Crippen molar-refractivity contribution in [1.82, 2.24) is 9.55 Å². The first-order valence-electron chi connectivity index (χ1n) is 8.71. The lowest BCUT2D eigenvalue weighted by atomic mass is 10.2. The van der Waals surface area contributed by atoms with Crippen molar-refractivity contribution >= 4 is 17.4 Å². The zero-order valence-electron chi connectivity index (χ0n) is 15.2. The summed E-state index contributed by atoms with van der Waals surface area (Å²) in [7, 11) is 0. The molecule has 0 aliphatic heterocycles. The van der Waals surface area contributed by atoms with Gasteiger partial charge in [0.2, 0.25) is 0 Å². The SMILES string of the molecule is CC=CC=CC(=O)N(CCCC)c1c(N)n(CCCC)c(=O)[nH]c1=O. The van der Waals surface area contributed by atoms with E-state index in [-0.39, 0.29) is 17.4 Å². The molecule has 1 aromatic heterocycles. The third kappa shape index (κ3) is 5.48. The molecule has 0 aromatic carbocycles. The molecule has 7 nitrogen and oxygen atoms in total. The number of nitrogen functional groups attached to an aromatic ring is 1. The number of anilines is 2. The van der Waals surface area contributed by atoms with E-state index in [9.17, 15) is 14.4 Å². The fourth-order valence-electron chi connectivity index (χ4n) is 2.36. The van der Waals surface area contributed by atoms with E-state index >= 15 is 0 Å². The van der Waals surface area contributed by atoms with Gasteiger partial charge in [-0.05, 0) is 19.8 Å². The maximum absolute atomic E-state index is 12.5. The molecule has 25 heavy (non-hydrogen) atoms. The van der Waals surface area contributed by atoms with Gasteiger partial charge in [-0.2, -0.15) is 0 Å². The van der Waals surface area contributed by atoms with Crippen molar-refractivity contribution in [3.63, 3.8) is 0 Å². The Labute approximate surface area is 147 Å². The summed E-state index contributed by atoms with van der Waals surface area (Å²) in [5.74, 6) is -0.310. The zero-order valence-corrected chi connectivity index (χ0v) is 15.2. The molecule has 1 aromatic rings. The van der Waals surface area contributed by atoms with E-state index in [0.717, 1.165) is 25.7 Å². The second-order valence-electron chi connectivity index (χ2n) is 5.73. The lowest BCUT2D eigenvalue weighted by Crippen LogP contribution is -2.41. The van der Waals surface area contributed by atoms with Gasteiger partial charge in [0, 0.05) is 19.2 Å². The fourth-order valence-corrected chi connectivity index (χ4v) is 2.36. The van der Waals surface area contributed by atoms with Crippen LogP contribution in [-0.4, -0.2) is 22.0 Å². The molecule has 0 saturated carbocycles. The molecular formula is C18H28N4O3. The summed E-state index contributed by atoms with van der Waals surface area (Å²) in [6.07, 6.45) is 9.73. The molecular weight excluding hydrogens is 320 g/mol. The molecule has 1 amide bonds. The van der Waals surface area contributed by atoms with Gasteiger partial charge in [0.15, 0.2) is 5.69 Å². The number of carbonyl (C=O) groups excluding carboxylic acids is 1. The number of hydrogen-bond acceptors (Lipinski definition) is 4. The van der Waals surface area contributed by atoms with Crippen LogP contribution in [0.1, 0.15) is 46.5 Å². The predicted octanol–water partition coefficient (Wildman–Crippen LogP) is 2.18. The molecule has 0 spiro atoms. The molecule has 0 aliphatic carbocycles. The lowest BCUT2D eigenvalue weighted by Gasteiger charge is -2.23. The van der Waals surface area contributed by atoms with Crippen molar-refractivity contribution in [2.24, 2.45) is 0 Å². The highest BCUT2D eigenvalue weighted by molar-refractivity contribution is 6.03. The van der Waals surface area contributed by atoms with Crippen molar-refractivity contribution in [2.45, 2.75) is 53.0 Å². The summed E-state index contributed by atoms with van der Waals surface area (Å²) in [6.45, 7) is 6.59. The highest BCUT2D eigenvalue weighted by atomic mass is 16.2. The molecule has 3 N–H and O–H groups in total. The normalized spacial score (nSPS) is 11.5. The zero-order chi connectivity index (χ0) is 18.8. The van der Waals surface area contributed by atoms with Crippen molar-refractivity contribution in [3.05, 3.63) is 45.1 Å². The summed E-state index contributed by atoms with van der Waals surface area (Å²) in [4.78, 5) is 40.6. The van der Waals surface area contributed by atoms with Crippen LogP contribution in [0.5, 0.6) is 0 Å². The third-order valence-corrected chi connectivity index (χ3v) is 3.76. The largest absolute Gasteiger partial charge is 0.383 e. The van der Waals surface area contributed by atoms with Crippen LogP contribution < -0.4 is 21.9 Å². The number of aromatic amines is 1. The molecule has 0 atom stereocenters. The number of allylic oxidation sites excluding steroid dienone is 3. The van der Waals surface area contributed by atoms with Crippen LogP contribution in [-0.2, 0) is 11.3 Å². The fraction of sp³-hybridized carbons (Fsp3) is 0.500. The summed E-state index contributed by atoms with van der Waals surface area (Å²) in [5.41, 5.74) is 4.95. The smallest absolute Gasteiger partial charge is 0.330 e. The molecule has 7 heteroatoms. The number of nitrogens with two attached hydrogens (primary N) is 1. The van der Waals surface area contributed by atoms with Gasteiger partial charge in [0.25, 0.3) is 11.5 Å². The van der Waals surface area contributed by atoms with Crippen molar-refractivity contribution in [1.29, 1.82) is 0 Å². The number of hydrogen-bond donors (Lipinski definition) is 2. The number of nitrogens with zero attached hydrogens (tertiary/aromatic N) is 2. The Bertz CT molecular complexity index is 744. The van der Waals surface area contributed by atoms with Crippen LogP contribution in [0.25, 0.3) is 0 Å². The minimum Gasteiger partial charge on any atom is -0.383 e. The Morgan fingerprint density at radius 1 is 1.20 bits per heavy atom. The van der Waals surface area contributed by atoms with Crippen molar-refractivity contribution in [3.8, 4) is 0 Å². The number of unbranched alkanes of at least 4 members (excludes halogenated alkanes) is 2. The van der Waals surface area contributed by atoms with Gasteiger partial charge in [0.05, 0.1) is 0 Å². The molecule has 0 unspecified atom stereocenters. The van der Waals surface area contributed by atoms with Gasteiger partial charge in [-0.1, -0.05) is 44.9 Å². The second-order valence-corrected chi connectivity index (χ2v) is 5.73. The summed E-state index contributed by atoms with van der Waals surface area (Å²) >= 11 is 0. The molecule has 0 bridgehead atoms. The Kier molecular flexibility index (Phi) is 8.46. The van der Waals surface area contributed by atoms with Gasteiger partial charge in [-0.25, -0.2) is 4.79 Å². The van der Waals surface area contributed by atoms with Crippen LogP contribution in [0, 0.1) is 0 Å². The standard InChI is InChI=1S/C18H28N4O3/c1-4-7-10-11-14(23)21(12-8-5-2)15-16(19)22(13-9-6-3)18(25)20-17(15)24/h4,7,10-11H,5-6,8-9,12-13,19H2,1-3H3,(H,20,24,25). The van der Waals surface area contributed by atoms with E-state index in [2.05, 4.69) is 4.98 Å². The van der Waals surface area contributed by atoms with E-state index in [1.54, 1.807) is 18.2 Å². The van der Waals surface area contributed by atoms with Crippen molar-refractivity contribution < 1.29 is 4.79 Å². The average molecular weight is 348 g/mol. The summed E-state index contributed by atoms with van der Waals surface area (Å²) in [5, 5.41) is 0. The molecule has 1 rings (SSSR count). The van der Waals surface area contributed by atoms with Crippen LogP contribution in [0.15, 0.2) is 33.9 Å². The Morgan fingerprint density at radius 3 is 2.48 bits per heavy atom. The van der Waals surface area contributed by atoms with E-state index in [1.807, 2.05) is 20.8 Å². The maximum atomic E-state index is 12.5. The lowest BCUT2D eigenvalue weighted by molar-refractivity contribution is -0.114. The first kappa shape index (κ1) is 20.5. The number of nitrogens with one attached hydrogen (secondary N) is 1. The molecule has 0 saturated heterocycles. The van der Waals surface area contributed by atoms with Crippen LogP contribution in [0.4, 0.5) is 11.5 Å². The van der Waals surface area contributed by atoms with Crippen LogP contribution >= 0.6 is 0 Å². The third-order valence-electron chi connectivity index (χ3n) is 3.76. The number of carbonyl (C=O) groups is 1. The van der Waals surface area contributed by atoms with Crippen LogP contribution in [0.3, 0.4) is 0 Å². The van der Waals surface area contributed by atoms with E-state index in [4.69, 9.17) is 5.73 Å². The number of aromatic nitrogens is 2.